The van der Waals surface area contributed by atoms with E-state index < -0.39 is 0 Å². The average molecular weight is 255 g/mol. The fourth-order valence-electron chi connectivity index (χ4n) is 2.96. The van der Waals surface area contributed by atoms with Crippen LogP contribution in [-0.2, 0) is 4.74 Å². The standard InChI is InChI=1S/C16H33NO/c1-4-6-7-8-9-10-11-15(17-5-2)16-13-12-14(3)18-16/h14-17H,4-13H2,1-3H3. The summed E-state index contributed by atoms with van der Waals surface area (Å²) in [5.41, 5.74) is 0. The summed E-state index contributed by atoms with van der Waals surface area (Å²) >= 11 is 0. The van der Waals surface area contributed by atoms with E-state index in [0.717, 1.165) is 6.54 Å². The molecule has 18 heavy (non-hydrogen) atoms. The van der Waals surface area contributed by atoms with Crippen LogP contribution in [0.25, 0.3) is 0 Å². The number of hydrogen-bond donors (Lipinski definition) is 1. The monoisotopic (exact) mass is 255 g/mol. The predicted molar refractivity (Wildman–Crippen MR) is 79.0 cm³/mol. The van der Waals surface area contributed by atoms with Gasteiger partial charge in [-0.3, -0.25) is 0 Å². The van der Waals surface area contributed by atoms with Crippen molar-refractivity contribution in [3.05, 3.63) is 0 Å². The van der Waals surface area contributed by atoms with Gasteiger partial charge in [-0.2, -0.15) is 0 Å². The Morgan fingerprint density at radius 2 is 1.78 bits per heavy atom. The van der Waals surface area contributed by atoms with Crippen molar-refractivity contribution in [3.8, 4) is 0 Å². The fourth-order valence-corrected chi connectivity index (χ4v) is 2.96. The molecule has 108 valence electrons. The Labute approximate surface area is 114 Å². The molecule has 1 aliphatic heterocycles. The lowest BCUT2D eigenvalue weighted by molar-refractivity contribution is 0.0298. The summed E-state index contributed by atoms with van der Waals surface area (Å²) in [5.74, 6) is 0. The van der Waals surface area contributed by atoms with Gasteiger partial charge in [0.1, 0.15) is 0 Å². The van der Waals surface area contributed by atoms with Crippen LogP contribution in [0.1, 0.15) is 78.6 Å². The minimum atomic E-state index is 0.468. The minimum absolute atomic E-state index is 0.468. The topological polar surface area (TPSA) is 21.3 Å². The van der Waals surface area contributed by atoms with Gasteiger partial charge in [0.05, 0.1) is 12.2 Å². The van der Waals surface area contributed by atoms with Crippen molar-refractivity contribution < 1.29 is 4.74 Å². The molecule has 1 N–H and O–H groups in total. The van der Waals surface area contributed by atoms with Crippen LogP contribution in [-0.4, -0.2) is 24.8 Å². The molecule has 1 fully saturated rings. The number of hydrogen-bond acceptors (Lipinski definition) is 2. The molecular formula is C16H33NO. The summed E-state index contributed by atoms with van der Waals surface area (Å²) in [6.45, 7) is 7.74. The van der Waals surface area contributed by atoms with Crippen molar-refractivity contribution in [2.45, 2.75) is 96.8 Å². The molecule has 0 amide bonds. The van der Waals surface area contributed by atoms with Crippen LogP contribution in [0, 0.1) is 0 Å². The molecule has 0 spiro atoms. The Morgan fingerprint density at radius 1 is 1.06 bits per heavy atom. The first kappa shape index (κ1) is 16.0. The van der Waals surface area contributed by atoms with Crippen LogP contribution in [0.3, 0.4) is 0 Å². The van der Waals surface area contributed by atoms with E-state index in [9.17, 15) is 0 Å². The lowest BCUT2D eigenvalue weighted by Crippen LogP contribution is -2.39. The first-order valence-corrected chi connectivity index (χ1v) is 8.16. The van der Waals surface area contributed by atoms with Gasteiger partial charge in [-0.1, -0.05) is 52.4 Å². The molecule has 1 heterocycles. The number of ether oxygens (including phenoxy) is 1. The third-order valence-corrected chi connectivity index (χ3v) is 4.05. The van der Waals surface area contributed by atoms with Gasteiger partial charge in [0.15, 0.2) is 0 Å². The van der Waals surface area contributed by atoms with Crippen LogP contribution in [0.5, 0.6) is 0 Å². The zero-order valence-corrected chi connectivity index (χ0v) is 12.7. The summed E-state index contributed by atoms with van der Waals surface area (Å²) < 4.78 is 6.01. The maximum absolute atomic E-state index is 6.01. The minimum Gasteiger partial charge on any atom is -0.374 e. The number of rotatable bonds is 10. The molecule has 3 unspecified atom stereocenters. The molecule has 0 radical (unpaired) electrons. The van der Waals surface area contributed by atoms with E-state index in [-0.39, 0.29) is 0 Å². The van der Waals surface area contributed by atoms with E-state index in [4.69, 9.17) is 4.74 Å². The second-order valence-corrected chi connectivity index (χ2v) is 5.78. The molecule has 3 atom stereocenters. The molecule has 0 aliphatic carbocycles. The predicted octanol–water partition coefficient (Wildman–Crippen LogP) is 4.28. The van der Waals surface area contributed by atoms with Crippen molar-refractivity contribution in [1.82, 2.24) is 5.32 Å². The number of likely N-dealkylation sites (N-methyl/N-ethyl adjacent to an activating group) is 1. The smallest absolute Gasteiger partial charge is 0.0732 e. The molecule has 1 saturated heterocycles. The summed E-state index contributed by atoms with van der Waals surface area (Å²) in [6, 6.07) is 0.589. The molecule has 1 aliphatic rings. The van der Waals surface area contributed by atoms with Crippen molar-refractivity contribution in [3.63, 3.8) is 0 Å². The van der Waals surface area contributed by atoms with Gasteiger partial charge >= 0.3 is 0 Å². The van der Waals surface area contributed by atoms with E-state index in [1.807, 2.05) is 0 Å². The largest absolute Gasteiger partial charge is 0.374 e. The normalized spacial score (nSPS) is 25.5. The second kappa shape index (κ2) is 9.80. The molecule has 0 aromatic heterocycles. The summed E-state index contributed by atoms with van der Waals surface area (Å²) in [5, 5.41) is 3.62. The van der Waals surface area contributed by atoms with Crippen LogP contribution >= 0.6 is 0 Å². The molecule has 0 aromatic carbocycles. The average Bonchev–Trinajstić information content (AvgIpc) is 2.79. The Balaban J connectivity index is 2.13. The van der Waals surface area contributed by atoms with E-state index in [1.54, 1.807) is 0 Å². The molecule has 0 aromatic rings. The van der Waals surface area contributed by atoms with Crippen molar-refractivity contribution in [2.24, 2.45) is 0 Å². The highest BCUT2D eigenvalue weighted by atomic mass is 16.5. The maximum atomic E-state index is 6.01. The Hall–Kier alpha value is -0.0800. The lowest BCUT2D eigenvalue weighted by Gasteiger charge is -2.24. The van der Waals surface area contributed by atoms with Gasteiger partial charge < -0.3 is 10.1 Å². The first-order chi connectivity index (χ1) is 8.77. The van der Waals surface area contributed by atoms with Crippen molar-refractivity contribution in [1.29, 1.82) is 0 Å². The molecule has 2 heteroatoms. The highest BCUT2D eigenvalue weighted by Crippen LogP contribution is 2.24. The molecule has 0 bridgehead atoms. The molecule has 1 rings (SSSR count). The Bertz CT molecular complexity index is 196. The highest BCUT2D eigenvalue weighted by Gasteiger charge is 2.28. The van der Waals surface area contributed by atoms with Crippen LogP contribution in [0.15, 0.2) is 0 Å². The van der Waals surface area contributed by atoms with Gasteiger partial charge in [-0.25, -0.2) is 0 Å². The van der Waals surface area contributed by atoms with Crippen molar-refractivity contribution >= 4 is 0 Å². The van der Waals surface area contributed by atoms with Gasteiger partial charge in [-0.05, 0) is 32.7 Å². The molecule has 2 nitrogen and oxygen atoms in total. The van der Waals surface area contributed by atoms with Gasteiger partial charge in [0.25, 0.3) is 0 Å². The van der Waals surface area contributed by atoms with Gasteiger partial charge in [0.2, 0.25) is 0 Å². The third-order valence-electron chi connectivity index (χ3n) is 4.05. The zero-order valence-electron chi connectivity index (χ0n) is 12.7. The quantitative estimate of drug-likeness (QED) is 0.588. The molecule has 0 saturated carbocycles. The van der Waals surface area contributed by atoms with Gasteiger partial charge in [-0.15, -0.1) is 0 Å². The summed E-state index contributed by atoms with van der Waals surface area (Å²) in [4.78, 5) is 0. The van der Waals surface area contributed by atoms with E-state index in [0.29, 0.717) is 18.2 Å². The summed E-state index contributed by atoms with van der Waals surface area (Å²) in [6.07, 6.45) is 13.0. The van der Waals surface area contributed by atoms with Crippen LogP contribution in [0.4, 0.5) is 0 Å². The van der Waals surface area contributed by atoms with Crippen LogP contribution < -0.4 is 5.32 Å². The maximum Gasteiger partial charge on any atom is 0.0732 e. The van der Waals surface area contributed by atoms with E-state index in [1.165, 1.54) is 57.8 Å². The van der Waals surface area contributed by atoms with Gasteiger partial charge in [0, 0.05) is 6.04 Å². The SMILES string of the molecule is CCCCCCCCC(NCC)C1CCC(C)O1. The Kier molecular flexibility index (Phi) is 8.70. The van der Waals surface area contributed by atoms with E-state index >= 15 is 0 Å². The zero-order chi connectivity index (χ0) is 13.2. The highest BCUT2D eigenvalue weighted by molar-refractivity contribution is 4.82. The lowest BCUT2D eigenvalue weighted by atomic mass is 10.00. The first-order valence-electron chi connectivity index (χ1n) is 8.16. The van der Waals surface area contributed by atoms with Crippen molar-refractivity contribution in [2.75, 3.05) is 6.54 Å². The molecular weight excluding hydrogens is 222 g/mol. The van der Waals surface area contributed by atoms with E-state index in [2.05, 4.69) is 26.1 Å². The third kappa shape index (κ3) is 6.19. The number of unbranched alkanes of at least 4 members (excludes halogenated alkanes) is 5. The fraction of sp³-hybridized carbons (Fsp3) is 1.00. The van der Waals surface area contributed by atoms with Crippen LogP contribution in [0.2, 0.25) is 0 Å². The number of nitrogens with one attached hydrogen (secondary N) is 1. The summed E-state index contributed by atoms with van der Waals surface area (Å²) in [7, 11) is 0. The Morgan fingerprint density at radius 3 is 2.39 bits per heavy atom. The second-order valence-electron chi connectivity index (χ2n) is 5.78.